The van der Waals surface area contributed by atoms with Crippen LogP contribution in [-0.4, -0.2) is 15.0 Å². The fourth-order valence-electron chi connectivity index (χ4n) is 0.687. The molecule has 0 aliphatic heterocycles. The predicted octanol–water partition coefficient (Wildman–Crippen LogP) is -1.35. The molecule has 0 saturated heterocycles. The smallest absolute Gasteiger partial charge is 0.768 e. The summed E-state index contributed by atoms with van der Waals surface area (Å²) < 4.78 is 20.8. The summed E-state index contributed by atoms with van der Waals surface area (Å²) in [4.78, 5) is 1.40. The first kappa shape index (κ1) is 12.7. The molecule has 1 atom stereocenters. The van der Waals surface area contributed by atoms with Crippen molar-refractivity contribution in [1.82, 2.24) is 0 Å². The predicted molar refractivity (Wildman–Crippen MR) is 45.4 cm³/mol. The Morgan fingerprint density at radius 2 is 1.83 bits per heavy atom. The molecular formula is C7H7NaO2S2. The second-order valence-electron chi connectivity index (χ2n) is 1.91. The minimum atomic E-state index is -2.10. The van der Waals surface area contributed by atoms with E-state index in [0.717, 1.165) is 4.90 Å². The summed E-state index contributed by atoms with van der Waals surface area (Å²) >= 11 is -0.510. The van der Waals surface area contributed by atoms with Gasteiger partial charge in [-0.05, 0) is 41.6 Å². The minimum absolute atomic E-state index is 0. The number of hydrogen-bond donors (Lipinski definition) is 0. The zero-order chi connectivity index (χ0) is 8.27. The van der Waals surface area contributed by atoms with Gasteiger partial charge in [0.15, 0.2) is 0 Å². The van der Waals surface area contributed by atoms with Gasteiger partial charge >= 0.3 is 29.6 Å². The van der Waals surface area contributed by atoms with Gasteiger partial charge in [-0.25, -0.2) is 0 Å². The van der Waals surface area contributed by atoms with Gasteiger partial charge in [-0.15, -0.1) is 11.8 Å². The Balaban J connectivity index is 0.00000121. The van der Waals surface area contributed by atoms with Crippen molar-refractivity contribution in [3.8, 4) is 0 Å². The van der Waals surface area contributed by atoms with E-state index < -0.39 is 11.1 Å². The van der Waals surface area contributed by atoms with Crippen LogP contribution in [0.4, 0.5) is 0 Å². The summed E-state index contributed by atoms with van der Waals surface area (Å²) in [6.45, 7) is 0. The van der Waals surface area contributed by atoms with Crippen LogP contribution in [0.5, 0.6) is 0 Å². The molecule has 60 valence electrons. The van der Waals surface area contributed by atoms with Gasteiger partial charge in [0.2, 0.25) is 0 Å². The quantitative estimate of drug-likeness (QED) is 0.344. The van der Waals surface area contributed by atoms with Gasteiger partial charge in [0.1, 0.15) is 0 Å². The third-order valence-corrected chi connectivity index (χ3v) is 2.65. The van der Waals surface area contributed by atoms with E-state index in [1.807, 2.05) is 6.26 Å². The third kappa shape index (κ3) is 3.60. The molecular weight excluding hydrogens is 203 g/mol. The van der Waals surface area contributed by atoms with Gasteiger partial charge in [-0.2, -0.15) is 0 Å². The van der Waals surface area contributed by atoms with Crippen LogP contribution < -0.4 is 29.6 Å². The first-order valence-corrected chi connectivity index (χ1v) is 5.27. The summed E-state index contributed by atoms with van der Waals surface area (Å²) in [5.41, 5.74) is 0. The molecule has 1 aromatic rings. The monoisotopic (exact) mass is 210 g/mol. The second kappa shape index (κ2) is 6.18. The van der Waals surface area contributed by atoms with Crippen molar-refractivity contribution in [3.05, 3.63) is 24.3 Å². The minimum Gasteiger partial charge on any atom is -0.768 e. The van der Waals surface area contributed by atoms with E-state index in [2.05, 4.69) is 0 Å². The van der Waals surface area contributed by atoms with Crippen LogP contribution >= 0.6 is 11.8 Å². The molecule has 0 saturated carbocycles. The van der Waals surface area contributed by atoms with Crippen LogP contribution in [0.15, 0.2) is 34.1 Å². The van der Waals surface area contributed by atoms with E-state index in [1.54, 1.807) is 36.0 Å². The Kier molecular flexibility index (Phi) is 6.53. The van der Waals surface area contributed by atoms with Crippen LogP contribution in [0.3, 0.4) is 0 Å². The molecule has 0 aliphatic rings. The molecule has 0 heterocycles. The summed E-state index contributed by atoms with van der Waals surface area (Å²) in [7, 11) is 0. The fourth-order valence-corrected chi connectivity index (χ4v) is 1.45. The van der Waals surface area contributed by atoms with Gasteiger partial charge in [-0.1, -0.05) is 0 Å². The third-order valence-electron chi connectivity index (χ3n) is 1.25. The number of thioether (sulfide) groups is 1. The number of benzene rings is 1. The maximum atomic E-state index is 10.4. The van der Waals surface area contributed by atoms with Gasteiger partial charge in [0.25, 0.3) is 0 Å². The Morgan fingerprint density at radius 3 is 2.17 bits per heavy atom. The molecule has 0 bridgehead atoms. The maximum absolute atomic E-state index is 10.4. The average Bonchev–Trinajstić information content (AvgIpc) is 2.05. The zero-order valence-electron chi connectivity index (χ0n) is 6.94. The van der Waals surface area contributed by atoms with Crippen molar-refractivity contribution in [2.75, 3.05) is 6.26 Å². The zero-order valence-corrected chi connectivity index (χ0v) is 10.6. The van der Waals surface area contributed by atoms with Crippen LogP contribution in [0, 0.1) is 0 Å². The molecule has 0 radical (unpaired) electrons. The molecule has 0 amide bonds. The molecule has 0 aliphatic carbocycles. The average molecular weight is 210 g/mol. The van der Waals surface area contributed by atoms with Crippen LogP contribution in [-0.2, 0) is 11.1 Å². The topological polar surface area (TPSA) is 40.1 Å². The molecule has 1 aromatic carbocycles. The second-order valence-corrected chi connectivity index (χ2v) is 3.73. The summed E-state index contributed by atoms with van der Waals surface area (Å²) in [5, 5.41) is 0. The summed E-state index contributed by atoms with van der Waals surface area (Å²) in [6, 6.07) is 6.76. The van der Waals surface area contributed by atoms with Crippen molar-refractivity contribution in [2.24, 2.45) is 0 Å². The van der Waals surface area contributed by atoms with Gasteiger partial charge < -0.3 is 4.55 Å². The summed E-state index contributed by atoms with van der Waals surface area (Å²) in [6.07, 6.45) is 1.95. The molecule has 1 unspecified atom stereocenters. The Morgan fingerprint density at radius 1 is 1.33 bits per heavy atom. The fraction of sp³-hybridized carbons (Fsp3) is 0.143. The Bertz CT molecular complexity index is 261. The van der Waals surface area contributed by atoms with Gasteiger partial charge in [-0.3, -0.25) is 4.21 Å². The number of hydrogen-bond acceptors (Lipinski definition) is 3. The summed E-state index contributed by atoms with van der Waals surface area (Å²) in [5.74, 6) is 0. The Hall–Kier alpha value is 0.680. The molecule has 0 aromatic heterocycles. The van der Waals surface area contributed by atoms with E-state index in [-0.39, 0.29) is 29.6 Å². The molecule has 5 heteroatoms. The van der Waals surface area contributed by atoms with Crippen molar-refractivity contribution in [2.45, 2.75) is 9.79 Å². The standard InChI is InChI=1S/C7H8O2S2.Na/c1-10-6-2-4-7(5-3-6)11(8)9;/h2-5H,1H3,(H,8,9);/q;+1/p-1. The Labute approximate surface area is 101 Å². The SMILES string of the molecule is CSc1ccc(S(=O)[O-])cc1.[Na+]. The maximum Gasteiger partial charge on any atom is 1.00 e. The first-order valence-electron chi connectivity index (χ1n) is 2.97. The molecule has 0 spiro atoms. The van der Waals surface area contributed by atoms with E-state index >= 15 is 0 Å². The van der Waals surface area contributed by atoms with Crippen LogP contribution in [0.1, 0.15) is 0 Å². The molecule has 0 fully saturated rings. The first-order chi connectivity index (χ1) is 5.24. The molecule has 1 rings (SSSR count). The van der Waals surface area contributed by atoms with Crippen molar-refractivity contribution in [1.29, 1.82) is 0 Å². The van der Waals surface area contributed by atoms with E-state index in [9.17, 15) is 8.76 Å². The van der Waals surface area contributed by atoms with Crippen molar-refractivity contribution >= 4 is 22.8 Å². The van der Waals surface area contributed by atoms with Crippen LogP contribution in [0.25, 0.3) is 0 Å². The van der Waals surface area contributed by atoms with Crippen LogP contribution in [0.2, 0.25) is 0 Å². The largest absolute Gasteiger partial charge is 1.00 e. The van der Waals surface area contributed by atoms with Crippen molar-refractivity contribution < 1.29 is 38.3 Å². The normalized spacial score (nSPS) is 11.8. The van der Waals surface area contributed by atoms with Gasteiger partial charge in [0, 0.05) is 9.79 Å². The van der Waals surface area contributed by atoms with Crippen molar-refractivity contribution in [3.63, 3.8) is 0 Å². The van der Waals surface area contributed by atoms with E-state index in [4.69, 9.17) is 0 Å². The van der Waals surface area contributed by atoms with E-state index in [1.165, 1.54) is 0 Å². The van der Waals surface area contributed by atoms with E-state index in [0.29, 0.717) is 4.90 Å². The number of rotatable bonds is 2. The molecule has 0 N–H and O–H groups in total. The molecule has 2 nitrogen and oxygen atoms in total. The van der Waals surface area contributed by atoms with Gasteiger partial charge in [0.05, 0.1) is 0 Å². The molecule has 12 heavy (non-hydrogen) atoms.